The van der Waals surface area contributed by atoms with Crippen molar-refractivity contribution in [2.75, 3.05) is 32.7 Å². The fourth-order valence-corrected chi connectivity index (χ4v) is 3.43. The average molecular weight is 238 g/mol. The smallest absolute Gasteiger partial charge is 0.00475 e. The normalized spacial score (nSPS) is 35.5. The summed E-state index contributed by atoms with van der Waals surface area (Å²) in [6.45, 7) is 13.7. The van der Waals surface area contributed by atoms with E-state index >= 15 is 0 Å². The first kappa shape index (κ1) is 13.4. The van der Waals surface area contributed by atoms with Gasteiger partial charge in [0, 0.05) is 13.1 Å². The van der Waals surface area contributed by atoms with E-state index < -0.39 is 0 Å². The molecule has 0 spiro atoms. The van der Waals surface area contributed by atoms with Crippen LogP contribution in [0.15, 0.2) is 0 Å². The SMILES string of the molecule is CC1(C)CCCN(CC2(C)CCCNC2)CC1. The molecule has 0 radical (unpaired) electrons. The van der Waals surface area contributed by atoms with Gasteiger partial charge in [-0.05, 0) is 62.6 Å². The van der Waals surface area contributed by atoms with Gasteiger partial charge in [-0.1, -0.05) is 20.8 Å². The molecule has 0 saturated carbocycles. The van der Waals surface area contributed by atoms with Gasteiger partial charge in [-0.25, -0.2) is 0 Å². The van der Waals surface area contributed by atoms with Crippen molar-refractivity contribution in [3.8, 4) is 0 Å². The molecule has 0 amide bonds. The van der Waals surface area contributed by atoms with Gasteiger partial charge in [0.15, 0.2) is 0 Å². The van der Waals surface area contributed by atoms with Crippen LogP contribution < -0.4 is 5.32 Å². The second-order valence-corrected chi connectivity index (χ2v) is 7.38. The van der Waals surface area contributed by atoms with Crippen LogP contribution >= 0.6 is 0 Å². The van der Waals surface area contributed by atoms with Gasteiger partial charge >= 0.3 is 0 Å². The van der Waals surface area contributed by atoms with Crippen molar-refractivity contribution < 1.29 is 0 Å². The molecule has 0 bridgehead atoms. The first-order valence-corrected chi connectivity index (χ1v) is 7.42. The molecule has 1 atom stereocenters. The van der Waals surface area contributed by atoms with E-state index in [1.807, 2.05) is 0 Å². The monoisotopic (exact) mass is 238 g/mol. The summed E-state index contributed by atoms with van der Waals surface area (Å²) < 4.78 is 0. The number of likely N-dealkylation sites (tertiary alicyclic amines) is 1. The maximum atomic E-state index is 3.57. The summed E-state index contributed by atoms with van der Waals surface area (Å²) in [5.41, 5.74) is 1.09. The fourth-order valence-electron chi connectivity index (χ4n) is 3.43. The van der Waals surface area contributed by atoms with Crippen LogP contribution in [-0.2, 0) is 0 Å². The average Bonchev–Trinajstić information content (AvgIpc) is 2.41. The Morgan fingerprint density at radius 3 is 2.53 bits per heavy atom. The zero-order valence-electron chi connectivity index (χ0n) is 12.0. The first-order chi connectivity index (χ1) is 7.99. The third-order valence-electron chi connectivity index (χ3n) is 4.72. The zero-order valence-corrected chi connectivity index (χ0v) is 12.0. The number of nitrogens with one attached hydrogen (secondary N) is 1. The highest BCUT2D eigenvalue weighted by Gasteiger charge is 2.31. The third-order valence-corrected chi connectivity index (χ3v) is 4.72. The summed E-state index contributed by atoms with van der Waals surface area (Å²) in [5.74, 6) is 0. The Bertz CT molecular complexity index is 241. The lowest BCUT2D eigenvalue weighted by Crippen LogP contribution is -2.46. The maximum absolute atomic E-state index is 3.57. The number of hydrogen-bond acceptors (Lipinski definition) is 2. The van der Waals surface area contributed by atoms with E-state index in [2.05, 4.69) is 31.0 Å². The lowest BCUT2D eigenvalue weighted by atomic mass is 9.82. The second kappa shape index (κ2) is 5.27. The van der Waals surface area contributed by atoms with Crippen molar-refractivity contribution in [2.45, 2.75) is 52.9 Å². The third kappa shape index (κ3) is 3.96. The molecule has 0 aromatic carbocycles. The van der Waals surface area contributed by atoms with Crippen LogP contribution in [0, 0.1) is 10.8 Å². The van der Waals surface area contributed by atoms with Crippen molar-refractivity contribution >= 4 is 0 Å². The molecule has 1 N–H and O–H groups in total. The fraction of sp³-hybridized carbons (Fsp3) is 1.00. The Hall–Kier alpha value is -0.0800. The van der Waals surface area contributed by atoms with Crippen LogP contribution in [0.3, 0.4) is 0 Å². The van der Waals surface area contributed by atoms with Gasteiger partial charge in [0.2, 0.25) is 0 Å². The van der Waals surface area contributed by atoms with Crippen molar-refractivity contribution in [1.82, 2.24) is 10.2 Å². The Labute approximate surface area is 107 Å². The summed E-state index contributed by atoms with van der Waals surface area (Å²) in [6, 6.07) is 0. The first-order valence-electron chi connectivity index (χ1n) is 7.42. The topological polar surface area (TPSA) is 15.3 Å². The van der Waals surface area contributed by atoms with Crippen molar-refractivity contribution in [2.24, 2.45) is 10.8 Å². The lowest BCUT2D eigenvalue weighted by Gasteiger charge is -2.38. The highest BCUT2D eigenvalue weighted by molar-refractivity contribution is 4.86. The second-order valence-electron chi connectivity index (χ2n) is 7.38. The van der Waals surface area contributed by atoms with E-state index in [0.717, 1.165) is 0 Å². The van der Waals surface area contributed by atoms with E-state index in [0.29, 0.717) is 10.8 Å². The van der Waals surface area contributed by atoms with Gasteiger partial charge in [0.25, 0.3) is 0 Å². The van der Waals surface area contributed by atoms with Crippen LogP contribution in [0.5, 0.6) is 0 Å². The van der Waals surface area contributed by atoms with Crippen LogP contribution in [0.4, 0.5) is 0 Å². The highest BCUT2D eigenvalue weighted by atomic mass is 15.1. The molecule has 17 heavy (non-hydrogen) atoms. The molecule has 2 aliphatic heterocycles. The molecule has 1 unspecified atom stereocenters. The molecule has 2 heterocycles. The van der Waals surface area contributed by atoms with Gasteiger partial charge in [0.1, 0.15) is 0 Å². The minimum Gasteiger partial charge on any atom is -0.316 e. The van der Waals surface area contributed by atoms with E-state index in [1.165, 1.54) is 64.8 Å². The molecule has 0 aromatic heterocycles. The molecule has 100 valence electrons. The molecule has 2 nitrogen and oxygen atoms in total. The Morgan fingerprint density at radius 1 is 1.00 bits per heavy atom. The zero-order chi connectivity index (χ0) is 12.4. The molecule has 2 aliphatic rings. The predicted octanol–water partition coefficient (Wildman–Crippen LogP) is 2.89. The van der Waals surface area contributed by atoms with E-state index in [4.69, 9.17) is 0 Å². The largest absolute Gasteiger partial charge is 0.316 e. The minimum atomic E-state index is 0.521. The summed E-state index contributed by atoms with van der Waals surface area (Å²) in [7, 11) is 0. The number of piperidine rings is 1. The van der Waals surface area contributed by atoms with E-state index in [9.17, 15) is 0 Å². The van der Waals surface area contributed by atoms with Crippen LogP contribution in [0.1, 0.15) is 52.9 Å². The summed E-state index contributed by atoms with van der Waals surface area (Å²) in [5, 5.41) is 3.57. The van der Waals surface area contributed by atoms with E-state index in [-0.39, 0.29) is 0 Å². The van der Waals surface area contributed by atoms with Crippen LogP contribution in [0.2, 0.25) is 0 Å². The van der Waals surface area contributed by atoms with Gasteiger partial charge in [-0.3, -0.25) is 0 Å². The molecular formula is C15H30N2. The van der Waals surface area contributed by atoms with Gasteiger partial charge in [-0.2, -0.15) is 0 Å². The van der Waals surface area contributed by atoms with Gasteiger partial charge in [-0.15, -0.1) is 0 Å². The maximum Gasteiger partial charge on any atom is 0.00475 e. The van der Waals surface area contributed by atoms with E-state index in [1.54, 1.807) is 0 Å². The summed E-state index contributed by atoms with van der Waals surface area (Å²) >= 11 is 0. The molecule has 2 rings (SSSR count). The van der Waals surface area contributed by atoms with Crippen LogP contribution in [0.25, 0.3) is 0 Å². The summed E-state index contributed by atoms with van der Waals surface area (Å²) in [4.78, 5) is 2.72. The molecule has 2 heteroatoms. The van der Waals surface area contributed by atoms with Crippen molar-refractivity contribution in [1.29, 1.82) is 0 Å². The highest BCUT2D eigenvalue weighted by Crippen LogP contribution is 2.32. The predicted molar refractivity (Wildman–Crippen MR) is 74.3 cm³/mol. The Kier molecular flexibility index (Phi) is 4.14. The van der Waals surface area contributed by atoms with Gasteiger partial charge in [0.05, 0.1) is 0 Å². The van der Waals surface area contributed by atoms with Crippen LogP contribution in [-0.4, -0.2) is 37.6 Å². The number of nitrogens with zero attached hydrogens (tertiary/aromatic N) is 1. The minimum absolute atomic E-state index is 0.521. The van der Waals surface area contributed by atoms with Crippen molar-refractivity contribution in [3.63, 3.8) is 0 Å². The molecule has 2 saturated heterocycles. The number of rotatable bonds is 2. The Morgan fingerprint density at radius 2 is 1.82 bits per heavy atom. The molecule has 0 aliphatic carbocycles. The lowest BCUT2D eigenvalue weighted by molar-refractivity contribution is 0.133. The molecule has 2 fully saturated rings. The summed E-state index contributed by atoms with van der Waals surface area (Å²) in [6.07, 6.45) is 6.92. The molecule has 0 aromatic rings. The Balaban J connectivity index is 1.86. The number of hydrogen-bond donors (Lipinski definition) is 1. The standard InChI is InChI=1S/C15H30N2/c1-14(2)6-5-10-17(11-8-14)13-15(3)7-4-9-16-12-15/h16H,4-13H2,1-3H3. The quantitative estimate of drug-likeness (QED) is 0.796. The van der Waals surface area contributed by atoms with Crippen molar-refractivity contribution in [3.05, 3.63) is 0 Å². The molecular weight excluding hydrogens is 208 g/mol. The van der Waals surface area contributed by atoms with Gasteiger partial charge < -0.3 is 10.2 Å².